The lowest BCUT2D eigenvalue weighted by atomic mass is 9.90. The van der Waals surface area contributed by atoms with Crippen LogP contribution in [0.5, 0.6) is 0 Å². The van der Waals surface area contributed by atoms with Crippen LogP contribution in [0.25, 0.3) is 6.08 Å². The van der Waals surface area contributed by atoms with Gasteiger partial charge in [-0.05, 0) is 37.8 Å². The Hall–Kier alpha value is -1.22. The van der Waals surface area contributed by atoms with E-state index in [-0.39, 0.29) is 6.04 Å². The zero-order chi connectivity index (χ0) is 11.5. The van der Waals surface area contributed by atoms with Gasteiger partial charge >= 0.3 is 0 Å². The van der Waals surface area contributed by atoms with Gasteiger partial charge in [-0.2, -0.15) is 0 Å². The quantitative estimate of drug-likeness (QED) is 0.777. The number of hydrogen-bond donors (Lipinski definition) is 1. The molecule has 1 aromatic rings. The van der Waals surface area contributed by atoms with Crippen molar-refractivity contribution < 1.29 is 8.78 Å². The molecular weight excluding hydrogens is 208 g/mol. The van der Waals surface area contributed by atoms with Crippen molar-refractivity contribution in [3.8, 4) is 0 Å². The van der Waals surface area contributed by atoms with Crippen molar-refractivity contribution in [1.29, 1.82) is 0 Å². The van der Waals surface area contributed by atoms with Crippen molar-refractivity contribution >= 4 is 6.08 Å². The summed E-state index contributed by atoms with van der Waals surface area (Å²) in [5.41, 5.74) is 7.46. The molecule has 1 nitrogen and oxygen atoms in total. The lowest BCUT2D eigenvalue weighted by molar-refractivity contribution is 0.513. The molecule has 2 N–H and O–H groups in total. The van der Waals surface area contributed by atoms with Gasteiger partial charge in [0.2, 0.25) is 0 Å². The molecule has 1 aromatic carbocycles. The molecule has 86 valence electrons. The lowest BCUT2D eigenvalue weighted by Gasteiger charge is -2.20. The predicted molar refractivity (Wildman–Crippen MR) is 60.8 cm³/mol. The molecular formula is C13H15F2N. The van der Waals surface area contributed by atoms with Crippen LogP contribution in [0.1, 0.15) is 31.2 Å². The van der Waals surface area contributed by atoms with Crippen LogP contribution in [0, 0.1) is 11.6 Å². The summed E-state index contributed by atoms with van der Waals surface area (Å²) in [7, 11) is 0. The van der Waals surface area contributed by atoms with E-state index >= 15 is 0 Å². The molecule has 0 aliphatic heterocycles. The van der Waals surface area contributed by atoms with Crippen molar-refractivity contribution in [3.63, 3.8) is 0 Å². The highest BCUT2D eigenvalue weighted by molar-refractivity contribution is 5.53. The molecule has 3 heteroatoms. The first-order chi connectivity index (χ1) is 7.65. The second-order valence-electron chi connectivity index (χ2n) is 4.31. The molecule has 0 aromatic heterocycles. The van der Waals surface area contributed by atoms with E-state index in [2.05, 4.69) is 0 Å². The zero-order valence-electron chi connectivity index (χ0n) is 9.05. The van der Waals surface area contributed by atoms with Crippen molar-refractivity contribution in [3.05, 3.63) is 41.0 Å². The fourth-order valence-electron chi connectivity index (χ4n) is 1.99. The third-order valence-corrected chi connectivity index (χ3v) is 2.99. The first kappa shape index (κ1) is 11.3. The maximum atomic E-state index is 13.4. The molecule has 0 unspecified atom stereocenters. The summed E-state index contributed by atoms with van der Waals surface area (Å²) in [6, 6.07) is 3.95. The number of benzene rings is 1. The molecule has 1 fully saturated rings. The van der Waals surface area contributed by atoms with Crippen LogP contribution in [0.3, 0.4) is 0 Å². The third kappa shape index (κ3) is 2.67. The molecule has 0 saturated heterocycles. The Morgan fingerprint density at radius 1 is 1.19 bits per heavy atom. The van der Waals surface area contributed by atoms with Crippen LogP contribution in [0.2, 0.25) is 0 Å². The maximum Gasteiger partial charge on any atom is 0.133 e. The Balaban J connectivity index is 2.16. The van der Waals surface area contributed by atoms with Gasteiger partial charge in [-0.3, -0.25) is 0 Å². The highest BCUT2D eigenvalue weighted by Crippen LogP contribution is 2.25. The van der Waals surface area contributed by atoms with Gasteiger partial charge in [-0.1, -0.05) is 11.6 Å². The van der Waals surface area contributed by atoms with E-state index in [0.717, 1.165) is 31.7 Å². The van der Waals surface area contributed by atoms with Crippen molar-refractivity contribution in [2.45, 2.75) is 31.7 Å². The van der Waals surface area contributed by atoms with Gasteiger partial charge in [0.15, 0.2) is 0 Å². The molecule has 1 aliphatic carbocycles. The Kier molecular flexibility index (Phi) is 3.34. The SMILES string of the molecule is NC1CCC(=Cc2ccc(F)cc2F)CC1. The van der Waals surface area contributed by atoms with Crippen molar-refractivity contribution in [2.24, 2.45) is 5.73 Å². The minimum Gasteiger partial charge on any atom is -0.328 e. The van der Waals surface area contributed by atoms with Crippen LogP contribution in [-0.4, -0.2) is 6.04 Å². The third-order valence-electron chi connectivity index (χ3n) is 2.99. The number of hydrogen-bond acceptors (Lipinski definition) is 1. The maximum absolute atomic E-state index is 13.4. The summed E-state index contributed by atoms with van der Waals surface area (Å²) in [6.45, 7) is 0. The lowest BCUT2D eigenvalue weighted by Crippen LogP contribution is -2.23. The van der Waals surface area contributed by atoms with Gasteiger partial charge in [-0.15, -0.1) is 0 Å². The molecule has 0 heterocycles. The van der Waals surface area contributed by atoms with Gasteiger partial charge in [0.05, 0.1) is 0 Å². The molecule has 0 atom stereocenters. The smallest absolute Gasteiger partial charge is 0.133 e. The van der Waals surface area contributed by atoms with Crippen molar-refractivity contribution in [2.75, 3.05) is 0 Å². The van der Waals surface area contributed by atoms with Gasteiger partial charge in [0.25, 0.3) is 0 Å². The minimum atomic E-state index is -0.537. The number of rotatable bonds is 1. The molecule has 1 saturated carbocycles. The van der Waals surface area contributed by atoms with E-state index in [0.29, 0.717) is 5.56 Å². The molecule has 0 spiro atoms. The fourth-order valence-corrected chi connectivity index (χ4v) is 1.99. The summed E-state index contributed by atoms with van der Waals surface area (Å²) in [5.74, 6) is -1.03. The monoisotopic (exact) mass is 223 g/mol. The predicted octanol–water partition coefficient (Wildman–Crippen LogP) is 3.25. The van der Waals surface area contributed by atoms with Crippen LogP contribution in [0.15, 0.2) is 23.8 Å². The van der Waals surface area contributed by atoms with Crippen LogP contribution in [-0.2, 0) is 0 Å². The fraction of sp³-hybridized carbons (Fsp3) is 0.385. The van der Waals surface area contributed by atoms with E-state index in [9.17, 15) is 8.78 Å². The first-order valence-electron chi connectivity index (χ1n) is 5.55. The van der Waals surface area contributed by atoms with Gasteiger partial charge < -0.3 is 5.73 Å². The average molecular weight is 223 g/mol. The number of allylic oxidation sites excluding steroid dienone is 1. The molecule has 0 bridgehead atoms. The number of nitrogens with two attached hydrogens (primary N) is 1. The van der Waals surface area contributed by atoms with Gasteiger partial charge in [0, 0.05) is 17.7 Å². The topological polar surface area (TPSA) is 26.0 Å². The zero-order valence-corrected chi connectivity index (χ0v) is 9.05. The normalized spacial score (nSPS) is 20.9. The molecule has 16 heavy (non-hydrogen) atoms. The molecule has 2 rings (SSSR count). The second kappa shape index (κ2) is 4.74. The standard InChI is InChI=1S/C13H15F2N/c14-11-4-3-10(13(15)8-11)7-9-1-5-12(16)6-2-9/h3-4,7-8,12H,1-2,5-6,16H2. The molecule has 1 aliphatic rings. The molecule has 0 amide bonds. The Labute approximate surface area is 94.0 Å². The largest absolute Gasteiger partial charge is 0.328 e. The van der Waals surface area contributed by atoms with E-state index in [1.165, 1.54) is 17.7 Å². The van der Waals surface area contributed by atoms with E-state index in [1.807, 2.05) is 6.08 Å². The summed E-state index contributed by atoms with van der Waals surface area (Å²) < 4.78 is 26.1. The Bertz CT molecular complexity index is 402. The highest BCUT2D eigenvalue weighted by Gasteiger charge is 2.13. The first-order valence-corrected chi connectivity index (χ1v) is 5.55. The summed E-state index contributed by atoms with van der Waals surface area (Å²) in [4.78, 5) is 0. The number of halogens is 2. The average Bonchev–Trinajstić information content (AvgIpc) is 2.25. The van der Waals surface area contributed by atoms with E-state index in [4.69, 9.17) is 5.73 Å². The minimum absolute atomic E-state index is 0.273. The Morgan fingerprint density at radius 2 is 1.88 bits per heavy atom. The van der Waals surface area contributed by atoms with Gasteiger partial charge in [-0.25, -0.2) is 8.78 Å². The highest BCUT2D eigenvalue weighted by atomic mass is 19.1. The van der Waals surface area contributed by atoms with E-state index < -0.39 is 11.6 Å². The summed E-state index contributed by atoms with van der Waals surface area (Å²) in [6.07, 6.45) is 5.56. The van der Waals surface area contributed by atoms with Crippen molar-refractivity contribution in [1.82, 2.24) is 0 Å². The molecule has 0 radical (unpaired) electrons. The summed E-state index contributed by atoms with van der Waals surface area (Å²) in [5, 5.41) is 0. The van der Waals surface area contributed by atoms with Crippen LogP contribution in [0.4, 0.5) is 8.78 Å². The second-order valence-corrected chi connectivity index (χ2v) is 4.31. The van der Waals surface area contributed by atoms with E-state index in [1.54, 1.807) is 0 Å². The van der Waals surface area contributed by atoms with Crippen LogP contribution < -0.4 is 5.73 Å². The Morgan fingerprint density at radius 3 is 2.50 bits per heavy atom. The van der Waals surface area contributed by atoms with Crippen LogP contribution >= 0.6 is 0 Å². The van der Waals surface area contributed by atoms with Gasteiger partial charge in [0.1, 0.15) is 11.6 Å². The summed E-state index contributed by atoms with van der Waals surface area (Å²) >= 11 is 0.